The first-order valence-corrected chi connectivity index (χ1v) is 3.24. The molecule has 0 rings (SSSR count). The Hall–Kier alpha value is -1.05. The van der Waals surface area contributed by atoms with E-state index in [-0.39, 0.29) is 0 Å². The molecule has 0 aliphatic carbocycles. The molecule has 0 saturated carbocycles. The van der Waals surface area contributed by atoms with Crippen molar-refractivity contribution in [2.75, 3.05) is 0 Å². The molecule has 0 radical (unpaired) electrons. The number of carboxylic acids is 1. The second-order valence-electron chi connectivity index (χ2n) is 2.04. The van der Waals surface area contributed by atoms with Gasteiger partial charge in [0.2, 0.25) is 0 Å². The largest absolute Gasteiger partial charge is 0.478 e. The molecule has 0 bridgehead atoms. The maximum Gasteiger partial charge on any atom is 0.328 e. The van der Waals surface area contributed by atoms with Gasteiger partial charge >= 0.3 is 5.97 Å². The van der Waals surface area contributed by atoms with Crippen molar-refractivity contribution in [2.45, 2.75) is 20.3 Å². The molecule has 0 aromatic carbocycles. The molecule has 0 spiro atoms. The monoisotopic (exact) mass is 140 g/mol. The Morgan fingerprint density at radius 3 is 2.60 bits per heavy atom. The lowest BCUT2D eigenvalue weighted by Crippen LogP contribution is -1.87. The van der Waals surface area contributed by atoms with Gasteiger partial charge in [0.15, 0.2) is 0 Å². The van der Waals surface area contributed by atoms with E-state index < -0.39 is 5.97 Å². The average molecular weight is 140 g/mol. The molecule has 56 valence electrons. The third-order valence-electron chi connectivity index (χ3n) is 0.968. The maximum absolute atomic E-state index is 10.1. The van der Waals surface area contributed by atoms with E-state index in [1.165, 1.54) is 6.08 Å². The molecule has 1 N–H and O–H groups in total. The van der Waals surface area contributed by atoms with Gasteiger partial charge < -0.3 is 5.11 Å². The van der Waals surface area contributed by atoms with Crippen LogP contribution in [0.4, 0.5) is 0 Å². The molecule has 0 atom stereocenters. The fraction of sp³-hybridized carbons (Fsp3) is 0.375. The Kier molecular flexibility index (Phi) is 4.29. The molecule has 2 heteroatoms. The number of carbonyl (C=O) groups is 1. The van der Waals surface area contributed by atoms with E-state index in [0.717, 1.165) is 12.0 Å². The van der Waals surface area contributed by atoms with Crippen LogP contribution in [0.5, 0.6) is 0 Å². The minimum atomic E-state index is -0.891. The standard InChI is InChI=1S/C8H12O2/c1-3-4-5-7(2)6-8(9)10/h4-6H,3H2,1-2H3,(H,9,10). The lowest BCUT2D eigenvalue weighted by atomic mass is 10.2. The summed E-state index contributed by atoms with van der Waals surface area (Å²) >= 11 is 0. The molecule has 0 aliphatic rings. The van der Waals surface area contributed by atoms with E-state index in [2.05, 4.69) is 0 Å². The number of carboxylic acid groups (broad SMARTS) is 1. The number of aliphatic carboxylic acids is 1. The van der Waals surface area contributed by atoms with Crippen LogP contribution in [0.1, 0.15) is 20.3 Å². The van der Waals surface area contributed by atoms with Crippen molar-refractivity contribution >= 4 is 5.97 Å². The number of allylic oxidation sites excluding steroid dienone is 3. The van der Waals surface area contributed by atoms with Crippen molar-refractivity contribution in [3.8, 4) is 0 Å². The summed E-state index contributed by atoms with van der Waals surface area (Å²) in [5, 5.41) is 8.27. The first-order chi connectivity index (χ1) is 4.66. The van der Waals surface area contributed by atoms with Crippen LogP contribution in [0.3, 0.4) is 0 Å². The van der Waals surface area contributed by atoms with Crippen molar-refractivity contribution in [2.24, 2.45) is 0 Å². The summed E-state index contributed by atoms with van der Waals surface area (Å²) in [6.07, 6.45) is 5.85. The zero-order valence-corrected chi connectivity index (χ0v) is 6.29. The maximum atomic E-state index is 10.1. The minimum Gasteiger partial charge on any atom is -0.478 e. The minimum absolute atomic E-state index is 0.773. The van der Waals surface area contributed by atoms with Crippen LogP contribution in [-0.4, -0.2) is 11.1 Å². The highest BCUT2D eigenvalue weighted by atomic mass is 16.4. The highest BCUT2D eigenvalue weighted by Crippen LogP contribution is 1.94. The fourth-order valence-electron chi connectivity index (χ4n) is 0.547. The summed E-state index contributed by atoms with van der Waals surface area (Å²) < 4.78 is 0. The molecule has 0 unspecified atom stereocenters. The Labute approximate surface area is 60.9 Å². The van der Waals surface area contributed by atoms with Crippen LogP contribution >= 0.6 is 0 Å². The topological polar surface area (TPSA) is 37.3 Å². The van der Waals surface area contributed by atoms with E-state index in [1.54, 1.807) is 13.0 Å². The van der Waals surface area contributed by atoms with E-state index in [1.807, 2.05) is 13.0 Å². The van der Waals surface area contributed by atoms with Gasteiger partial charge in [0, 0.05) is 6.08 Å². The Bertz CT molecular complexity index is 166. The van der Waals surface area contributed by atoms with Crippen LogP contribution in [0, 0.1) is 0 Å². The van der Waals surface area contributed by atoms with E-state index in [4.69, 9.17) is 5.11 Å². The van der Waals surface area contributed by atoms with E-state index in [0.29, 0.717) is 0 Å². The van der Waals surface area contributed by atoms with Gasteiger partial charge in [-0.2, -0.15) is 0 Å². The van der Waals surface area contributed by atoms with Crippen molar-refractivity contribution in [1.82, 2.24) is 0 Å². The highest BCUT2D eigenvalue weighted by Gasteiger charge is 1.87. The predicted molar refractivity (Wildman–Crippen MR) is 40.8 cm³/mol. The average Bonchev–Trinajstić information content (AvgIpc) is 1.82. The Morgan fingerprint density at radius 2 is 2.20 bits per heavy atom. The van der Waals surface area contributed by atoms with Gasteiger partial charge in [0.05, 0.1) is 0 Å². The van der Waals surface area contributed by atoms with Crippen molar-refractivity contribution < 1.29 is 9.90 Å². The van der Waals surface area contributed by atoms with Crippen molar-refractivity contribution in [1.29, 1.82) is 0 Å². The van der Waals surface area contributed by atoms with Gasteiger partial charge in [0.1, 0.15) is 0 Å². The summed E-state index contributed by atoms with van der Waals surface area (Å²) in [6.45, 7) is 3.77. The van der Waals surface area contributed by atoms with Crippen LogP contribution in [0.25, 0.3) is 0 Å². The molecule has 2 nitrogen and oxygen atoms in total. The first kappa shape index (κ1) is 8.95. The molecule has 0 aromatic heterocycles. The molecule has 0 amide bonds. The molecule has 0 aromatic rings. The van der Waals surface area contributed by atoms with Crippen molar-refractivity contribution in [3.05, 3.63) is 23.8 Å². The summed E-state index contributed by atoms with van der Waals surface area (Å²) in [7, 11) is 0. The fourth-order valence-corrected chi connectivity index (χ4v) is 0.547. The molecule has 0 aliphatic heterocycles. The van der Waals surface area contributed by atoms with Gasteiger partial charge in [-0.15, -0.1) is 0 Å². The van der Waals surface area contributed by atoms with Gasteiger partial charge in [-0.05, 0) is 18.9 Å². The second kappa shape index (κ2) is 4.79. The van der Waals surface area contributed by atoms with Crippen LogP contribution < -0.4 is 0 Å². The van der Waals surface area contributed by atoms with Crippen molar-refractivity contribution in [3.63, 3.8) is 0 Å². The van der Waals surface area contributed by atoms with Gasteiger partial charge in [0.25, 0.3) is 0 Å². The predicted octanol–water partition coefficient (Wildman–Crippen LogP) is 1.98. The molecular formula is C8H12O2. The third kappa shape index (κ3) is 5.09. The normalized spacial score (nSPS) is 12.4. The second-order valence-corrected chi connectivity index (χ2v) is 2.04. The summed E-state index contributed by atoms with van der Waals surface area (Å²) in [6, 6.07) is 0. The first-order valence-electron chi connectivity index (χ1n) is 3.24. The molecule has 0 heterocycles. The SMILES string of the molecule is CCC=CC(C)=CC(=O)O. The van der Waals surface area contributed by atoms with Crippen LogP contribution in [-0.2, 0) is 4.79 Å². The summed E-state index contributed by atoms with van der Waals surface area (Å²) in [5.41, 5.74) is 0.773. The smallest absolute Gasteiger partial charge is 0.328 e. The van der Waals surface area contributed by atoms with Gasteiger partial charge in [-0.25, -0.2) is 4.79 Å². The molecule has 0 saturated heterocycles. The van der Waals surface area contributed by atoms with E-state index >= 15 is 0 Å². The number of rotatable bonds is 3. The zero-order valence-electron chi connectivity index (χ0n) is 6.29. The lowest BCUT2D eigenvalue weighted by molar-refractivity contribution is -0.131. The van der Waals surface area contributed by atoms with Crippen LogP contribution in [0.15, 0.2) is 23.8 Å². The number of hydrogen-bond donors (Lipinski definition) is 1. The highest BCUT2D eigenvalue weighted by molar-refractivity contribution is 5.81. The Balaban J connectivity index is 3.94. The molecule has 0 fully saturated rings. The lowest BCUT2D eigenvalue weighted by Gasteiger charge is -1.86. The molecule has 10 heavy (non-hydrogen) atoms. The van der Waals surface area contributed by atoms with Gasteiger partial charge in [-0.1, -0.05) is 19.1 Å². The summed E-state index contributed by atoms with van der Waals surface area (Å²) in [5.74, 6) is -0.891. The summed E-state index contributed by atoms with van der Waals surface area (Å²) in [4.78, 5) is 10.1. The zero-order chi connectivity index (χ0) is 7.98. The van der Waals surface area contributed by atoms with Gasteiger partial charge in [-0.3, -0.25) is 0 Å². The number of hydrogen-bond acceptors (Lipinski definition) is 1. The third-order valence-corrected chi connectivity index (χ3v) is 0.968. The van der Waals surface area contributed by atoms with E-state index in [9.17, 15) is 4.79 Å². The Morgan fingerprint density at radius 1 is 1.60 bits per heavy atom. The quantitative estimate of drug-likeness (QED) is 0.480. The molecular weight excluding hydrogens is 128 g/mol. The van der Waals surface area contributed by atoms with Crippen LogP contribution in [0.2, 0.25) is 0 Å².